The van der Waals surface area contributed by atoms with Gasteiger partial charge in [0.25, 0.3) is 0 Å². The summed E-state index contributed by atoms with van der Waals surface area (Å²) in [7, 11) is 1.96. The zero-order valence-corrected chi connectivity index (χ0v) is 14.1. The molecule has 1 aliphatic rings. The predicted molar refractivity (Wildman–Crippen MR) is 89.2 cm³/mol. The summed E-state index contributed by atoms with van der Waals surface area (Å²) in [4.78, 5) is 19.6. The maximum Gasteiger partial charge on any atom is 0.226 e. The normalized spacial score (nSPS) is 18.3. The zero-order chi connectivity index (χ0) is 16.1. The highest BCUT2D eigenvalue weighted by Crippen LogP contribution is 2.21. The molecule has 124 valence electrons. The lowest BCUT2D eigenvalue weighted by atomic mass is 10.1. The Morgan fingerprint density at radius 3 is 3.26 bits per heavy atom. The third-order valence-electron chi connectivity index (χ3n) is 4.17. The van der Waals surface area contributed by atoms with Crippen LogP contribution in [0.5, 0.6) is 0 Å². The Kier molecular flexibility index (Phi) is 5.40. The smallest absolute Gasteiger partial charge is 0.226 e. The van der Waals surface area contributed by atoms with Gasteiger partial charge in [-0.3, -0.25) is 4.79 Å². The molecule has 1 fully saturated rings. The van der Waals surface area contributed by atoms with E-state index in [0.29, 0.717) is 30.6 Å². The van der Waals surface area contributed by atoms with Crippen molar-refractivity contribution in [2.24, 2.45) is 0 Å². The molecule has 0 bridgehead atoms. The lowest BCUT2D eigenvalue weighted by molar-refractivity contribution is -0.132. The fourth-order valence-electron chi connectivity index (χ4n) is 2.85. The molecule has 2 aromatic heterocycles. The summed E-state index contributed by atoms with van der Waals surface area (Å²) in [5.41, 5.74) is 0. The van der Waals surface area contributed by atoms with Crippen LogP contribution < -0.4 is 5.32 Å². The number of aromatic nitrogens is 2. The van der Waals surface area contributed by atoms with Crippen molar-refractivity contribution in [2.45, 2.75) is 38.1 Å². The number of nitrogens with zero attached hydrogens (tertiary/aromatic N) is 3. The number of thiophene rings is 1. The number of nitrogens with one attached hydrogen (secondary N) is 1. The summed E-state index contributed by atoms with van der Waals surface area (Å²) in [5, 5.41) is 9.24. The van der Waals surface area contributed by atoms with E-state index >= 15 is 0 Å². The van der Waals surface area contributed by atoms with Gasteiger partial charge in [-0.1, -0.05) is 11.2 Å². The van der Waals surface area contributed by atoms with Gasteiger partial charge in [0.2, 0.25) is 17.6 Å². The minimum absolute atomic E-state index is 0.225. The van der Waals surface area contributed by atoms with Crippen LogP contribution in [-0.4, -0.2) is 47.1 Å². The number of carbonyl (C=O) groups excluding carboxylic acids is 1. The average Bonchev–Trinajstić information content (AvgIpc) is 3.26. The van der Waals surface area contributed by atoms with Crippen molar-refractivity contribution in [1.82, 2.24) is 20.4 Å². The van der Waals surface area contributed by atoms with Gasteiger partial charge in [0.15, 0.2) is 0 Å². The fraction of sp³-hybridized carbons (Fsp3) is 0.562. The van der Waals surface area contributed by atoms with Crippen LogP contribution in [0.3, 0.4) is 0 Å². The van der Waals surface area contributed by atoms with Crippen LogP contribution >= 0.6 is 11.3 Å². The zero-order valence-electron chi connectivity index (χ0n) is 13.3. The van der Waals surface area contributed by atoms with Crippen LogP contribution in [0.25, 0.3) is 10.7 Å². The molecule has 6 nitrogen and oxygen atoms in total. The maximum atomic E-state index is 12.3. The van der Waals surface area contributed by atoms with E-state index < -0.39 is 0 Å². The number of likely N-dealkylation sites (N-methyl/N-ethyl adjacent to an activating group) is 1. The minimum Gasteiger partial charge on any atom is -0.341 e. The molecule has 0 spiro atoms. The van der Waals surface area contributed by atoms with E-state index in [4.69, 9.17) is 4.52 Å². The first-order valence-electron chi connectivity index (χ1n) is 8.08. The Balaban J connectivity index is 1.45. The van der Waals surface area contributed by atoms with Gasteiger partial charge < -0.3 is 14.7 Å². The van der Waals surface area contributed by atoms with Crippen molar-refractivity contribution in [3.8, 4) is 10.7 Å². The van der Waals surface area contributed by atoms with Crippen LogP contribution in [0.4, 0.5) is 0 Å². The summed E-state index contributed by atoms with van der Waals surface area (Å²) >= 11 is 1.59. The molecule has 3 heterocycles. The highest BCUT2D eigenvalue weighted by molar-refractivity contribution is 7.13. The van der Waals surface area contributed by atoms with Crippen LogP contribution in [0.15, 0.2) is 22.0 Å². The van der Waals surface area contributed by atoms with Gasteiger partial charge in [-0.25, -0.2) is 0 Å². The van der Waals surface area contributed by atoms with Crippen molar-refractivity contribution in [3.05, 3.63) is 23.4 Å². The standard InChI is InChI=1S/C16H22N4O2S/c1-17-12-5-3-9-20(11-12)15(21)8-2-7-14-18-16(19-22-14)13-6-4-10-23-13/h4,6,10,12,17H,2-3,5,7-9,11H2,1H3. The third-order valence-corrected chi connectivity index (χ3v) is 5.04. The topological polar surface area (TPSA) is 71.3 Å². The predicted octanol–water partition coefficient (Wildman–Crippen LogP) is 2.33. The molecule has 1 N–H and O–H groups in total. The molecule has 3 rings (SSSR count). The SMILES string of the molecule is CNC1CCCN(C(=O)CCCc2nc(-c3cccs3)no2)C1. The Morgan fingerprint density at radius 1 is 1.57 bits per heavy atom. The molecular formula is C16H22N4O2S. The molecule has 1 saturated heterocycles. The van der Waals surface area contributed by atoms with Crippen LogP contribution in [-0.2, 0) is 11.2 Å². The number of amides is 1. The van der Waals surface area contributed by atoms with E-state index in [1.807, 2.05) is 29.5 Å². The van der Waals surface area contributed by atoms with Gasteiger partial charge in [0.1, 0.15) is 0 Å². The molecule has 7 heteroatoms. The molecule has 23 heavy (non-hydrogen) atoms. The lowest BCUT2D eigenvalue weighted by Crippen LogP contribution is -2.46. The third kappa shape index (κ3) is 4.17. The number of hydrogen-bond donors (Lipinski definition) is 1. The summed E-state index contributed by atoms with van der Waals surface area (Å²) in [6.45, 7) is 1.69. The van der Waals surface area contributed by atoms with E-state index in [0.717, 1.165) is 37.2 Å². The Morgan fingerprint density at radius 2 is 2.48 bits per heavy atom. The molecule has 0 aliphatic carbocycles. The first-order chi connectivity index (χ1) is 11.3. The molecule has 1 atom stereocenters. The highest BCUT2D eigenvalue weighted by Gasteiger charge is 2.22. The number of carbonyl (C=O) groups is 1. The van der Waals surface area contributed by atoms with Crippen LogP contribution in [0.1, 0.15) is 31.6 Å². The van der Waals surface area contributed by atoms with Crippen LogP contribution in [0, 0.1) is 0 Å². The van der Waals surface area contributed by atoms with E-state index in [1.54, 1.807) is 11.3 Å². The van der Waals surface area contributed by atoms with Crippen molar-refractivity contribution in [2.75, 3.05) is 20.1 Å². The second-order valence-corrected chi connectivity index (χ2v) is 6.76. The van der Waals surface area contributed by atoms with E-state index in [2.05, 4.69) is 15.5 Å². The number of likely N-dealkylation sites (tertiary alicyclic amines) is 1. The number of hydrogen-bond acceptors (Lipinski definition) is 6. The molecule has 1 amide bonds. The maximum absolute atomic E-state index is 12.3. The summed E-state index contributed by atoms with van der Waals surface area (Å²) in [5.74, 6) is 1.46. The summed E-state index contributed by atoms with van der Waals surface area (Å²) in [6.07, 6.45) is 4.14. The quantitative estimate of drug-likeness (QED) is 0.878. The largest absolute Gasteiger partial charge is 0.341 e. The molecule has 0 saturated carbocycles. The van der Waals surface area contributed by atoms with Gasteiger partial charge in [0, 0.05) is 32.0 Å². The van der Waals surface area contributed by atoms with Gasteiger partial charge in [0.05, 0.1) is 4.88 Å². The number of rotatable bonds is 6. The van der Waals surface area contributed by atoms with Gasteiger partial charge >= 0.3 is 0 Å². The van der Waals surface area contributed by atoms with Gasteiger partial charge in [-0.15, -0.1) is 11.3 Å². The molecular weight excluding hydrogens is 312 g/mol. The Hall–Kier alpha value is -1.73. The highest BCUT2D eigenvalue weighted by atomic mass is 32.1. The van der Waals surface area contributed by atoms with Crippen molar-refractivity contribution in [1.29, 1.82) is 0 Å². The molecule has 1 unspecified atom stereocenters. The lowest BCUT2D eigenvalue weighted by Gasteiger charge is -2.32. The second-order valence-electron chi connectivity index (χ2n) is 5.81. The summed E-state index contributed by atoms with van der Waals surface area (Å²) < 4.78 is 5.26. The minimum atomic E-state index is 0.225. The van der Waals surface area contributed by atoms with Gasteiger partial charge in [-0.2, -0.15) is 4.98 Å². The van der Waals surface area contributed by atoms with Gasteiger partial charge in [-0.05, 0) is 37.8 Å². The number of piperidine rings is 1. The molecule has 1 aliphatic heterocycles. The summed E-state index contributed by atoms with van der Waals surface area (Å²) in [6, 6.07) is 4.36. The van der Waals surface area contributed by atoms with E-state index in [1.165, 1.54) is 0 Å². The molecule has 0 radical (unpaired) electrons. The molecule has 2 aromatic rings. The fourth-order valence-corrected chi connectivity index (χ4v) is 3.50. The Bertz CT molecular complexity index is 626. The van der Waals surface area contributed by atoms with E-state index in [-0.39, 0.29) is 5.91 Å². The van der Waals surface area contributed by atoms with Crippen molar-refractivity contribution in [3.63, 3.8) is 0 Å². The van der Waals surface area contributed by atoms with E-state index in [9.17, 15) is 4.79 Å². The monoisotopic (exact) mass is 334 g/mol. The Labute approximate surface area is 139 Å². The second kappa shape index (κ2) is 7.70. The van der Waals surface area contributed by atoms with Crippen molar-refractivity contribution < 1.29 is 9.32 Å². The number of aryl methyl sites for hydroxylation is 1. The molecule has 0 aromatic carbocycles. The first kappa shape index (κ1) is 16.1. The average molecular weight is 334 g/mol. The van der Waals surface area contributed by atoms with Crippen molar-refractivity contribution >= 4 is 17.2 Å². The van der Waals surface area contributed by atoms with Crippen LogP contribution in [0.2, 0.25) is 0 Å². The first-order valence-corrected chi connectivity index (χ1v) is 8.95.